The summed E-state index contributed by atoms with van der Waals surface area (Å²) in [6, 6.07) is 0. The number of aryl methyl sites for hydroxylation is 1. The van der Waals surface area contributed by atoms with Gasteiger partial charge >= 0.3 is 0 Å². The lowest BCUT2D eigenvalue weighted by Crippen LogP contribution is -2.42. The molecule has 1 saturated heterocycles. The van der Waals surface area contributed by atoms with Crippen molar-refractivity contribution in [3.05, 3.63) is 11.8 Å². The highest BCUT2D eigenvalue weighted by Crippen LogP contribution is 2.16. The highest BCUT2D eigenvalue weighted by molar-refractivity contribution is 5.77. The maximum atomic E-state index is 11.9. The predicted molar refractivity (Wildman–Crippen MR) is 79.8 cm³/mol. The Morgan fingerprint density at radius 1 is 1.48 bits per heavy atom. The van der Waals surface area contributed by atoms with Gasteiger partial charge in [0.1, 0.15) is 6.42 Å². The molecule has 21 heavy (non-hydrogen) atoms. The molecule has 6 heteroatoms. The second-order valence-electron chi connectivity index (χ2n) is 6.36. The molecule has 0 radical (unpaired) electrons. The van der Waals surface area contributed by atoms with Crippen LogP contribution in [0.3, 0.4) is 0 Å². The number of likely N-dealkylation sites (tertiary alicyclic amines) is 1. The highest BCUT2D eigenvalue weighted by atomic mass is 16.4. The number of amides is 1. The Hall–Kier alpha value is -1.43. The Morgan fingerprint density at radius 2 is 2.29 bits per heavy atom. The molecule has 1 aliphatic rings. The smallest absolute Gasteiger partial charge is 0.229 e. The maximum Gasteiger partial charge on any atom is 0.229 e. The lowest BCUT2D eigenvalue weighted by Gasteiger charge is -2.33. The Kier molecular flexibility index (Phi) is 5.73. The van der Waals surface area contributed by atoms with E-state index in [0.29, 0.717) is 23.6 Å². The molecule has 0 bridgehead atoms. The predicted octanol–water partition coefficient (Wildman–Crippen LogP) is 1.40. The van der Waals surface area contributed by atoms with Crippen molar-refractivity contribution < 1.29 is 9.21 Å². The van der Waals surface area contributed by atoms with Crippen molar-refractivity contribution in [1.82, 2.24) is 20.4 Å². The lowest BCUT2D eigenvalue weighted by atomic mass is 9.97. The number of nitrogens with zero attached hydrogens (tertiary/aromatic N) is 3. The molecule has 1 amide bonds. The standard InChI is InChI=1S/C15H26N4O2/c1-11(2)9-19-6-4-5-13(10-19)8-16-14(20)7-15-18-17-12(3)21-15/h11,13H,4-10H2,1-3H3,(H,16,20). The number of hydrogen-bond acceptors (Lipinski definition) is 5. The fourth-order valence-corrected chi connectivity index (χ4v) is 2.87. The van der Waals surface area contributed by atoms with Crippen LogP contribution in [0.1, 0.15) is 38.5 Å². The van der Waals surface area contributed by atoms with E-state index in [-0.39, 0.29) is 12.3 Å². The number of nitrogens with one attached hydrogen (secondary N) is 1. The summed E-state index contributed by atoms with van der Waals surface area (Å²) in [7, 11) is 0. The normalized spacial score (nSPS) is 19.9. The molecule has 1 unspecified atom stereocenters. The van der Waals surface area contributed by atoms with Gasteiger partial charge in [0.05, 0.1) is 0 Å². The first-order valence-corrected chi connectivity index (χ1v) is 7.81. The SMILES string of the molecule is Cc1nnc(CC(=O)NCC2CCCN(CC(C)C)C2)o1. The zero-order valence-corrected chi connectivity index (χ0v) is 13.3. The molecule has 2 heterocycles. The summed E-state index contributed by atoms with van der Waals surface area (Å²) in [4.78, 5) is 14.4. The van der Waals surface area contributed by atoms with Crippen LogP contribution in [0.4, 0.5) is 0 Å². The first-order valence-electron chi connectivity index (χ1n) is 7.81. The molecule has 0 aromatic carbocycles. The molecule has 1 aliphatic heterocycles. The molecule has 6 nitrogen and oxygen atoms in total. The van der Waals surface area contributed by atoms with Crippen molar-refractivity contribution in [3.8, 4) is 0 Å². The summed E-state index contributed by atoms with van der Waals surface area (Å²) in [5.41, 5.74) is 0. The number of carbonyl (C=O) groups excluding carboxylic acids is 1. The lowest BCUT2D eigenvalue weighted by molar-refractivity contribution is -0.121. The molecule has 0 saturated carbocycles. The van der Waals surface area contributed by atoms with E-state index in [9.17, 15) is 4.79 Å². The molecule has 1 fully saturated rings. The van der Waals surface area contributed by atoms with Crippen LogP contribution in [-0.4, -0.2) is 47.2 Å². The minimum atomic E-state index is -0.0420. The van der Waals surface area contributed by atoms with Crippen molar-refractivity contribution in [2.45, 2.75) is 40.0 Å². The van der Waals surface area contributed by atoms with E-state index in [1.807, 2.05) is 0 Å². The third kappa shape index (κ3) is 5.46. The van der Waals surface area contributed by atoms with Crippen molar-refractivity contribution in [1.29, 1.82) is 0 Å². The topological polar surface area (TPSA) is 71.3 Å². The van der Waals surface area contributed by atoms with E-state index >= 15 is 0 Å². The molecule has 0 aliphatic carbocycles. The van der Waals surface area contributed by atoms with Crippen LogP contribution in [0.25, 0.3) is 0 Å². The molecule has 1 N–H and O–H groups in total. The molecule has 1 atom stereocenters. The maximum absolute atomic E-state index is 11.9. The third-order valence-corrected chi connectivity index (χ3v) is 3.69. The number of aromatic nitrogens is 2. The summed E-state index contributed by atoms with van der Waals surface area (Å²) >= 11 is 0. The second kappa shape index (κ2) is 7.54. The molecule has 1 aromatic rings. The monoisotopic (exact) mass is 294 g/mol. The van der Waals surface area contributed by atoms with Gasteiger partial charge in [-0.05, 0) is 31.2 Å². The van der Waals surface area contributed by atoms with E-state index in [1.54, 1.807) is 6.92 Å². The fraction of sp³-hybridized carbons (Fsp3) is 0.800. The summed E-state index contributed by atoms with van der Waals surface area (Å²) < 4.78 is 5.22. The van der Waals surface area contributed by atoms with Crippen molar-refractivity contribution in [2.75, 3.05) is 26.2 Å². The summed E-state index contributed by atoms with van der Waals surface area (Å²) in [5, 5.41) is 10.6. The van der Waals surface area contributed by atoms with Crippen LogP contribution in [0.5, 0.6) is 0 Å². The van der Waals surface area contributed by atoms with Gasteiger partial charge in [-0.25, -0.2) is 0 Å². The van der Waals surface area contributed by atoms with Gasteiger partial charge in [-0.3, -0.25) is 4.79 Å². The molecule has 1 aromatic heterocycles. The van der Waals surface area contributed by atoms with Crippen LogP contribution in [-0.2, 0) is 11.2 Å². The molecule has 118 valence electrons. The van der Waals surface area contributed by atoms with Gasteiger partial charge in [-0.2, -0.15) is 0 Å². The van der Waals surface area contributed by atoms with Crippen LogP contribution in [0, 0.1) is 18.8 Å². The number of hydrogen-bond donors (Lipinski definition) is 1. The van der Waals surface area contributed by atoms with Gasteiger partial charge < -0.3 is 14.6 Å². The van der Waals surface area contributed by atoms with E-state index in [0.717, 1.165) is 19.6 Å². The van der Waals surface area contributed by atoms with Gasteiger partial charge in [0.25, 0.3) is 0 Å². The Morgan fingerprint density at radius 3 is 2.95 bits per heavy atom. The zero-order chi connectivity index (χ0) is 15.2. The van der Waals surface area contributed by atoms with Gasteiger partial charge in [-0.1, -0.05) is 13.8 Å². The fourth-order valence-electron chi connectivity index (χ4n) is 2.87. The van der Waals surface area contributed by atoms with E-state index in [1.165, 1.54) is 19.4 Å². The van der Waals surface area contributed by atoms with Crippen LogP contribution in [0.15, 0.2) is 4.42 Å². The van der Waals surface area contributed by atoms with Crippen molar-refractivity contribution in [2.24, 2.45) is 11.8 Å². The van der Waals surface area contributed by atoms with Crippen LogP contribution < -0.4 is 5.32 Å². The summed E-state index contributed by atoms with van der Waals surface area (Å²) in [5.74, 6) is 2.08. The third-order valence-electron chi connectivity index (χ3n) is 3.69. The van der Waals surface area contributed by atoms with Gasteiger partial charge in [0.15, 0.2) is 0 Å². The molecular weight excluding hydrogens is 268 g/mol. The van der Waals surface area contributed by atoms with E-state index in [4.69, 9.17) is 4.42 Å². The number of rotatable bonds is 6. The summed E-state index contributed by atoms with van der Waals surface area (Å²) in [6.45, 7) is 10.4. The summed E-state index contributed by atoms with van der Waals surface area (Å²) in [6.07, 6.45) is 2.58. The minimum absolute atomic E-state index is 0.0420. The molecule has 0 spiro atoms. The Bertz CT molecular complexity index is 458. The minimum Gasteiger partial charge on any atom is -0.425 e. The first-order chi connectivity index (χ1) is 10.0. The first kappa shape index (κ1) is 15.9. The number of carbonyl (C=O) groups is 1. The number of piperidine rings is 1. The van der Waals surface area contributed by atoms with Gasteiger partial charge in [-0.15, -0.1) is 10.2 Å². The van der Waals surface area contributed by atoms with Crippen molar-refractivity contribution >= 4 is 5.91 Å². The Balaban J connectivity index is 1.70. The van der Waals surface area contributed by atoms with E-state index < -0.39 is 0 Å². The average Bonchev–Trinajstić information content (AvgIpc) is 2.81. The van der Waals surface area contributed by atoms with Gasteiger partial charge in [0.2, 0.25) is 17.7 Å². The zero-order valence-electron chi connectivity index (χ0n) is 13.3. The quantitative estimate of drug-likeness (QED) is 0.859. The molecular formula is C15H26N4O2. The second-order valence-corrected chi connectivity index (χ2v) is 6.36. The average molecular weight is 294 g/mol. The Labute approximate surface area is 126 Å². The van der Waals surface area contributed by atoms with Crippen molar-refractivity contribution in [3.63, 3.8) is 0 Å². The largest absolute Gasteiger partial charge is 0.425 e. The van der Waals surface area contributed by atoms with Crippen LogP contribution >= 0.6 is 0 Å². The van der Waals surface area contributed by atoms with Crippen LogP contribution in [0.2, 0.25) is 0 Å². The molecule has 2 rings (SSSR count). The van der Waals surface area contributed by atoms with Gasteiger partial charge in [0, 0.05) is 26.6 Å². The van der Waals surface area contributed by atoms with E-state index in [2.05, 4.69) is 34.3 Å². The highest BCUT2D eigenvalue weighted by Gasteiger charge is 2.21.